The van der Waals surface area contributed by atoms with E-state index in [0.717, 1.165) is 0 Å². The molecule has 0 spiro atoms. The second-order valence-corrected chi connectivity index (χ2v) is 4.52. The van der Waals surface area contributed by atoms with Crippen LogP contribution in [0.25, 0.3) is 0 Å². The van der Waals surface area contributed by atoms with Gasteiger partial charge in [0.05, 0.1) is 0 Å². The number of likely N-dealkylation sites (tertiary alicyclic amines) is 1. The van der Waals surface area contributed by atoms with E-state index in [-0.39, 0.29) is 16.6 Å². The quantitative estimate of drug-likeness (QED) is 0.766. The molecule has 2 heterocycles. The van der Waals surface area contributed by atoms with Crippen molar-refractivity contribution < 1.29 is 14.0 Å². The molecular weight excluding hydrogens is 256 g/mol. The Hall–Kier alpha value is -1.70. The molecule has 1 aromatic rings. The number of carbonyl (C=O) groups is 2. The molecule has 3 N–H and O–H groups in total. The van der Waals surface area contributed by atoms with Crippen molar-refractivity contribution in [2.75, 3.05) is 6.54 Å². The zero-order chi connectivity index (χ0) is 13.3. The first kappa shape index (κ1) is 12.7. The van der Waals surface area contributed by atoms with Gasteiger partial charge >= 0.3 is 0 Å². The van der Waals surface area contributed by atoms with Crippen LogP contribution in [0.3, 0.4) is 0 Å². The van der Waals surface area contributed by atoms with E-state index >= 15 is 0 Å². The Labute approximate surface area is 108 Å². The second-order valence-electron chi connectivity index (χ2n) is 4.15. The first-order chi connectivity index (χ1) is 8.54. The summed E-state index contributed by atoms with van der Waals surface area (Å²) >= 11 is 4.77. The Balaban J connectivity index is 2.19. The SMILES string of the molecule is CCC(C(N)=O)N1CCC(c2n[nH]c(=S)o2)C1=O. The summed E-state index contributed by atoms with van der Waals surface area (Å²) in [6.45, 7) is 2.29. The zero-order valence-corrected chi connectivity index (χ0v) is 10.7. The number of amides is 2. The maximum absolute atomic E-state index is 12.2. The molecule has 2 unspecified atom stereocenters. The summed E-state index contributed by atoms with van der Waals surface area (Å²) in [5, 5.41) is 6.34. The maximum atomic E-state index is 12.2. The highest BCUT2D eigenvalue weighted by Crippen LogP contribution is 2.29. The summed E-state index contributed by atoms with van der Waals surface area (Å²) in [5.74, 6) is -0.890. The first-order valence-corrected chi connectivity index (χ1v) is 6.10. The van der Waals surface area contributed by atoms with Crippen molar-refractivity contribution >= 4 is 24.0 Å². The molecule has 2 amide bonds. The van der Waals surface area contributed by atoms with Crippen molar-refractivity contribution in [3.63, 3.8) is 0 Å². The minimum atomic E-state index is -0.565. The number of nitrogens with one attached hydrogen (secondary N) is 1. The Morgan fingerprint density at radius 1 is 1.78 bits per heavy atom. The summed E-state index contributed by atoms with van der Waals surface area (Å²) in [6.07, 6.45) is 1.05. The zero-order valence-electron chi connectivity index (χ0n) is 9.88. The van der Waals surface area contributed by atoms with Gasteiger partial charge in [0.25, 0.3) is 4.84 Å². The third-order valence-corrected chi connectivity index (χ3v) is 3.26. The van der Waals surface area contributed by atoms with Crippen molar-refractivity contribution in [2.45, 2.75) is 31.7 Å². The molecule has 0 radical (unpaired) electrons. The van der Waals surface area contributed by atoms with E-state index < -0.39 is 17.9 Å². The summed E-state index contributed by atoms with van der Waals surface area (Å²) in [6, 6.07) is -0.565. The van der Waals surface area contributed by atoms with E-state index in [2.05, 4.69) is 10.2 Å². The molecule has 1 aliphatic rings. The highest BCUT2D eigenvalue weighted by Gasteiger charge is 2.40. The van der Waals surface area contributed by atoms with Crippen LogP contribution >= 0.6 is 12.2 Å². The molecule has 0 bridgehead atoms. The predicted molar refractivity (Wildman–Crippen MR) is 64.0 cm³/mol. The lowest BCUT2D eigenvalue weighted by atomic mass is 10.1. The number of rotatable bonds is 4. The number of H-pyrrole nitrogens is 1. The van der Waals surface area contributed by atoms with Crippen LogP contribution in [-0.4, -0.2) is 39.5 Å². The van der Waals surface area contributed by atoms with Crippen LogP contribution in [0.1, 0.15) is 31.6 Å². The van der Waals surface area contributed by atoms with E-state index in [1.807, 2.05) is 6.92 Å². The molecular formula is C10H14N4O3S. The normalized spacial score (nSPS) is 21.3. The van der Waals surface area contributed by atoms with Gasteiger partial charge in [-0.2, -0.15) is 0 Å². The molecule has 1 saturated heterocycles. The van der Waals surface area contributed by atoms with Gasteiger partial charge in [0.1, 0.15) is 12.0 Å². The van der Waals surface area contributed by atoms with Gasteiger partial charge in [-0.25, -0.2) is 5.10 Å². The van der Waals surface area contributed by atoms with Gasteiger partial charge in [-0.15, -0.1) is 5.10 Å². The highest BCUT2D eigenvalue weighted by atomic mass is 32.1. The topological polar surface area (TPSA) is 105 Å². The average molecular weight is 270 g/mol. The van der Waals surface area contributed by atoms with Crippen LogP contribution in [0.2, 0.25) is 0 Å². The Bertz CT molecular complexity index is 523. The molecule has 98 valence electrons. The number of carbonyl (C=O) groups excluding carboxylic acids is 2. The summed E-state index contributed by atoms with van der Waals surface area (Å²) in [4.78, 5) is 25.1. The number of primary amides is 1. The molecule has 0 aromatic carbocycles. The fraction of sp³-hybridized carbons (Fsp3) is 0.600. The van der Waals surface area contributed by atoms with Gasteiger partial charge < -0.3 is 15.1 Å². The van der Waals surface area contributed by atoms with Gasteiger partial charge in [0, 0.05) is 6.54 Å². The molecule has 1 fully saturated rings. The summed E-state index contributed by atoms with van der Waals surface area (Å²) in [5.41, 5.74) is 5.28. The molecule has 0 saturated carbocycles. The number of hydrogen-bond acceptors (Lipinski definition) is 5. The standard InChI is InChI=1S/C10H14N4O3S/c1-2-6(7(11)15)14-4-3-5(9(14)16)8-12-13-10(18)17-8/h5-6H,2-4H2,1H3,(H2,11,15)(H,13,18). The minimum absolute atomic E-state index is 0.137. The van der Waals surface area contributed by atoms with Gasteiger partial charge in [0.15, 0.2) is 0 Å². The Morgan fingerprint density at radius 3 is 3.00 bits per heavy atom. The number of nitrogens with two attached hydrogens (primary N) is 1. The maximum Gasteiger partial charge on any atom is 0.284 e. The largest absolute Gasteiger partial charge is 0.413 e. The van der Waals surface area contributed by atoms with Crippen LogP contribution in [0.5, 0.6) is 0 Å². The number of aromatic nitrogens is 2. The molecule has 8 heteroatoms. The van der Waals surface area contributed by atoms with Crippen molar-refractivity contribution in [3.8, 4) is 0 Å². The van der Waals surface area contributed by atoms with E-state index in [1.165, 1.54) is 4.90 Å². The van der Waals surface area contributed by atoms with E-state index in [1.54, 1.807) is 0 Å². The molecule has 18 heavy (non-hydrogen) atoms. The van der Waals surface area contributed by atoms with Crippen LogP contribution < -0.4 is 5.73 Å². The highest BCUT2D eigenvalue weighted by molar-refractivity contribution is 7.71. The third-order valence-electron chi connectivity index (χ3n) is 3.08. The Kier molecular flexibility index (Phi) is 3.46. The lowest BCUT2D eigenvalue weighted by Crippen LogP contribution is -2.45. The smallest absolute Gasteiger partial charge is 0.284 e. The van der Waals surface area contributed by atoms with Gasteiger partial charge in [0.2, 0.25) is 17.7 Å². The monoisotopic (exact) mass is 270 g/mol. The molecule has 2 atom stereocenters. The van der Waals surface area contributed by atoms with Gasteiger partial charge in [-0.1, -0.05) is 6.92 Å². The van der Waals surface area contributed by atoms with E-state index in [4.69, 9.17) is 22.4 Å². The van der Waals surface area contributed by atoms with Crippen LogP contribution in [0.15, 0.2) is 4.42 Å². The average Bonchev–Trinajstić information content (AvgIpc) is 2.87. The lowest BCUT2D eigenvalue weighted by Gasteiger charge is -2.23. The number of hydrogen-bond donors (Lipinski definition) is 2. The first-order valence-electron chi connectivity index (χ1n) is 5.69. The summed E-state index contributed by atoms with van der Waals surface area (Å²) < 4.78 is 5.14. The third kappa shape index (κ3) is 2.15. The second kappa shape index (κ2) is 4.89. The van der Waals surface area contributed by atoms with Gasteiger partial charge in [-0.05, 0) is 25.1 Å². The van der Waals surface area contributed by atoms with Crippen molar-refractivity contribution in [1.29, 1.82) is 0 Å². The predicted octanol–water partition coefficient (Wildman–Crippen LogP) is 0.312. The minimum Gasteiger partial charge on any atom is -0.413 e. The van der Waals surface area contributed by atoms with Gasteiger partial charge in [-0.3, -0.25) is 9.59 Å². The van der Waals surface area contributed by atoms with Crippen LogP contribution in [0, 0.1) is 4.84 Å². The van der Waals surface area contributed by atoms with Crippen LogP contribution in [0.4, 0.5) is 0 Å². The van der Waals surface area contributed by atoms with Crippen molar-refractivity contribution in [2.24, 2.45) is 5.73 Å². The number of aromatic amines is 1. The molecule has 2 rings (SSSR count). The number of nitrogens with zero attached hydrogens (tertiary/aromatic N) is 2. The van der Waals surface area contributed by atoms with E-state index in [0.29, 0.717) is 19.4 Å². The fourth-order valence-electron chi connectivity index (χ4n) is 2.21. The lowest BCUT2D eigenvalue weighted by molar-refractivity contribution is -0.137. The van der Waals surface area contributed by atoms with Crippen molar-refractivity contribution in [3.05, 3.63) is 10.7 Å². The molecule has 1 aromatic heterocycles. The van der Waals surface area contributed by atoms with Crippen molar-refractivity contribution in [1.82, 2.24) is 15.1 Å². The van der Waals surface area contributed by atoms with E-state index in [9.17, 15) is 9.59 Å². The molecule has 7 nitrogen and oxygen atoms in total. The fourth-order valence-corrected chi connectivity index (χ4v) is 2.34. The Morgan fingerprint density at radius 2 is 2.50 bits per heavy atom. The molecule has 0 aliphatic carbocycles. The summed E-state index contributed by atoms with van der Waals surface area (Å²) in [7, 11) is 0. The van der Waals surface area contributed by atoms with Crippen LogP contribution in [-0.2, 0) is 9.59 Å². The molecule has 1 aliphatic heterocycles.